The molecule has 0 N–H and O–H groups in total. The van der Waals surface area contributed by atoms with Crippen LogP contribution >= 0.6 is 11.6 Å². The van der Waals surface area contributed by atoms with E-state index in [1.54, 1.807) is 4.57 Å². The lowest BCUT2D eigenvalue weighted by Crippen LogP contribution is -2.06. The summed E-state index contributed by atoms with van der Waals surface area (Å²) in [5.41, 5.74) is 1.92. The zero-order valence-electron chi connectivity index (χ0n) is 11.4. The van der Waals surface area contributed by atoms with Gasteiger partial charge in [-0.05, 0) is 30.9 Å². The second kappa shape index (κ2) is 5.05. The SMILES string of the molecule is CC1CCc2cc(CCl)ccc2-c2nc(C(F)(F)F)cn21. The first-order chi connectivity index (χ1) is 9.90. The van der Waals surface area contributed by atoms with Gasteiger partial charge in [-0.3, -0.25) is 0 Å². The van der Waals surface area contributed by atoms with E-state index in [2.05, 4.69) is 4.98 Å². The van der Waals surface area contributed by atoms with Gasteiger partial charge in [-0.15, -0.1) is 11.6 Å². The summed E-state index contributed by atoms with van der Waals surface area (Å²) in [7, 11) is 0. The molecule has 1 aromatic heterocycles. The molecule has 112 valence electrons. The smallest absolute Gasteiger partial charge is 0.328 e. The number of hydrogen-bond acceptors (Lipinski definition) is 1. The standard InChI is InChI=1S/C15H14ClF3N2/c1-9-2-4-11-6-10(7-16)3-5-12(11)14-20-13(8-21(9)14)15(17,18)19/h3,5-6,8-9H,2,4,7H2,1H3. The van der Waals surface area contributed by atoms with Gasteiger partial charge in [0.25, 0.3) is 0 Å². The Kier molecular flexibility index (Phi) is 3.48. The molecule has 0 saturated carbocycles. The van der Waals surface area contributed by atoms with E-state index in [0.717, 1.165) is 35.7 Å². The number of benzene rings is 1. The number of aryl methyl sites for hydroxylation is 1. The van der Waals surface area contributed by atoms with Gasteiger partial charge in [-0.1, -0.05) is 18.2 Å². The quantitative estimate of drug-likeness (QED) is 0.690. The monoisotopic (exact) mass is 314 g/mol. The van der Waals surface area contributed by atoms with Crippen LogP contribution in [-0.4, -0.2) is 9.55 Å². The lowest BCUT2D eigenvalue weighted by Gasteiger charge is -2.11. The number of nitrogens with zero attached hydrogens (tertiary/aromatic N) is 2. The first-order valence-electron chi connectivity index (χ1n) is 6.74. The highest BCUT2D eigenvalue weighted by atomic mass is 35.5. The zero-order valence-corrected chi connectivity index (χ0v) is 12.2. The molecule has 21 heavy (non-hydrogen) atoms. The van der Waals surface area contributed by atoms with Crippen molar-refractivity contribution < 1.29 is 13.2 Å². The van der Waals surface area contributed by atoms with Crippen LogP contribution in [0, 0.1) is 0 Å². The second-order valence-electron chi connectivity index (χ2n) is 5.37. The van der Waals surface area contributed by atoms with Crippen molar-refractivity contribution in [3.63, 3.8) is 0 Å². The first-order valence-corrected chi connectivity index (χ1v) is 7.28. The highest BCUT2D eigenvalue weighted by Crippen LogP contribution is 2.37. The number of hydrogen-bond donors (Lipinski definition) is 0. The fraction of sp³-hybridized carbons (Fsp3) is 0.400. The molecule has 0 saturated heterocycles. The molecule has 6 heteroatoms. The van der Waals surface area contributed by atoms with Crippen molar-refractivity contribution in [3.8, 4) is 11.4 Å². The minimum absolute atomic E-state index is 0.0181. The highest BCUT2D eigenvalue weighted by Gasteiger charge is 2.36. The van der Waals surface area contributed by atoms with Crippen LogP contribution in [-0.2, 0) is 18.5 Å². The molecule has 1 aliphatic heterocycles. The molecule has 0 aliphatic carbocycles. The molecule has 1 unspecified atom stereocenters. The minimum atomic E-state index is -4.42. The van der Waals surface area contributed by atoms with Crippen molar-refractivity contribution >= 4 is 11.6 Å². The van der Waals surface area contributed by atoms with Gasteiger partial charge in [-0.25, -0.2) is 4.98 Å². The van der Waals surface area contributed by atoms with Crippen LogP contribution in [0.4, 0.5) is 13.2 Å². The van der Waals surface area contributed by atoms with E-state index in [1.165, 1.54) is 0 Å². The van der Waals surface area contributed by atoms with Crippen molar-refractivity contribution in [3.05, 3.63) is 41.2 Å². The van der Waals surface area contributed by atoms with Crippen LogP contribution in [0.15, 0.2) is 24.4 Å². The topological polar surface area (TPSA) is 17.8 Å². The Morgan fingerprint density at radius 1 is 1.38 bits per heavy atom. The molecule has 1 aliphatic rings. The van der Waals surface area contributed by atoms with E-state index >= 15 is 0 Å². The third-order valence-electron chi connectivity index (χ3n) is 3.89. The molecule has 0 bridgehead atoms. The van der Waals surface area contributed by atoms with E-state index in [4.69, 9.17) is 11.6 Å². The van der Waals surface area contributed by atoms with Crippen molar-refractivity contribution in [2.24, 2.45) is 0 Å². The van der Waals surface area contributed by atoms with Crippen LogP contribution in [0.1, 0.15) is 36.2 Å². The lowest BCUT2D eigenvalue weighted by atomic mass is 10.00. The van der Waals surface area contributed by atoms with Crippen molar-refractivity contribution in [2.45, 2.75) is 37.9 Å². The third kappa shape index (κ3) is 2.55. The van der Waals surface area contributed by atoms with E-state index in [-0.39, 0.29) is 6.04 Å². The fourth-order valence-electron chi connectivity index (χ4n) is 2.72. The van der Waals surface area contributed by atoms with Crippen molar-refractivity contribution in [1.82, 2.24) is 9.55 Å². The summed E-state index contributed by atoms with van der Waals surface area (Å²) < 4.78 is 40.3. The third-order valence-corrected chi connectivity index (χ3v) is 4.20. The molecule has 2 nitrogen and oxygen atoms in total. The largest absolute Gasteiger partial charge is 0.434 e. The van der Waals surface area contributed by atoms with E-state index < -0.39 is 11.9 Å². The molecule has 2 heterocycles. The van der Waals surface area contributed by atoms with Crippen LogP contribution in [0.2, 0.25) is 0 Å². The van der Waals surface area contributed by atoms with Gasteiger partial charge in [0.2, 0.25) is 0 Å². The Morgan fingerprint density at radius 2 is 2.14 bits per heavy atom. The predicted molar refractivity (Wildman–Crippen MR) is 75.3 cm³/mol. The van der Waals surface area contributed by atoms with Crippen LogP contribution in [0.25, 0.3) is 11.4 Å². The van der Waals surface area contributed by atoms with Crippen LogP contribution in [0.5, 0.6) is 0 Å². The summed E-state index contributed by atoms with van der Waals surface area (Å²) in [5, 5.41) is 0. The van der Waals surface area contributed by atoms with Gasteiger partial charge in [0.15, 0.2) is 5.69 Å². The summed E-state index contributed by atoms with van der Waals surface area (Å²) in [6.45, 7) is 1.92. The summed E-state index contributed by atoms with van der Waals surface area (Å²) in [5.74, 6) is 0.786. The van der Waals surface area contributed by atoms with Gasteiger partial charge in [0.1, 0.15) is 5.82 Å². The molecule has 0 amide bonds. The van der Waals surface area contributed by atoms with Gasteiger partial charge >= 0.3 is 6.18 Å². The predicted octanol–water partition coefficient (Wildman–Crippen LogP) is 4.81. The maximum Gasteiger partial charge on any atom is 0.434 e. The minimum Gasteiger partial charge on any atom is -0.328 e. The summed E-state index contributed by atoms with van der Waals surface area (Å²) in [6.07, 6.45) is -1.72. The average molecular weight is 315 g/mol. The number of imidazole rings is 1. The average Bonchev–Trinajstić information content (AvgIpc) is 2.84. The van der Waals surface area contributed by atoms with Gasteiger partial charge < -0.3 is 4.57 Å². The normalized spacial score (nSPS) is 18.0. The van der Waals surface area contributed by atoms with E-state index in [1.807, 2.05) is 25.1 Å². The van der Waals surface area contributed by atoms with Gasteiger partial charge in [0, 0.05) is 23.7 Å². The number of fused-ring (bicyclic) bond motifs is 3. The fourth-order valence-corrected chi connectivity index (χ4v) is 2.89. The zero-order chi connectivity index (χ0) is 15.2. The maximum atomic E-state index is 12.9. The van der Waals surface area contributed by atoms with Gasteiger partial charge in [-0.2, -0.15) is 13.2 Å². The molecular weight excluding hydrogens is 301 g/mol. The number of aromatic nitrogens is 2. The number of halogens is 4. The molecule has 0 radical (unpaired) electrons. The van der Waals surface area contributed by atoms with Crippen molar-refractivity contribution in [1.29, 1.82) is 0 Å². The molecule has 3 rings (SSSR count). The summed E-state index contributed by atoms with van der Waals surface area (Å²) in [4.78, 5) is 3.83. The second-order valence-corrected chi connectivity index (χ2v) is 5.63. The summed E-state index contributed by atoms with van der Waals surface area (Å²) >= 11 is 5.83. The first kappa shape index (κ1) is 14.4. The highest BCUT2D eigenvalue weighted by molar-refractivity contribution is 6.17. The number of alkyl halides is 4. The Balaban J connectivity index is 2.18. The Labute approximate surface area is 125 Å². The molecular formula is C15H14ClF3N2. The number of rotatable bonds is 1. The maximum absolute atomic E-state index is 12.9. The van der Waals surface area contributed by atoms with Crippen molar-refractivity contribution in [2.75, 3.05) is 0 Å². The van der Waals surface area contributed by atoms with Crippen LogP contribution < -0.4 is 0 Å². The Bertz CT molecular complexity index is 676. The van der Waals surface area contributed by atoms with Crippen LogP contribution in [0.3, 0.4) is 0 Å². The Hall–Kier alpha value is -1.49. The van der Waals surface area contributed by atoms with E-state index in [0.29, 0.717) is 11.7 Å². The molecule has 1 aromatic carbocycles. The molecule has 0 fully saturated rings. The van der Waals surface area contributed by atoms with Gasteiger partial charge in [0.05, 0.1) is 0 Å². The molecule has 1 atom stereocenters. The Morgan fingerprint density at radius 3 is 2.81 bits per heavy atom. The lowest BCUT2D eigenvalue weighted by molar-refractivity contribution is -0.140. The molecule has 0 spiro atoms. The van der Waals surface area contributed by atoms with E-state index in [9.17, 15) is 13.2 Å². The molecule has 2 aromatic rings. The summed E-state index contributed by atoms with van der Waals surface area (Å²) in [6, 6.07) is 5.61.